The molecular formula is C22H27ClFN5O3. The van der Waals surface area contributed by atoms with E-state index in [9.17, 15) is 14.0 Å². The van der Waals surface area contributed by atoms with Gasteiger partial charge in [0.2, 0.25) is 5.91 Å². The lowest BCUT2D eigenvalue weighted by Gasteiger charge is -2.24. The Hall–Kier alpha value is -3.04. The Kier molecular flexibility index (Phi) is 10.0. The predicted octanol–water partition coefficient (Wildman–Crippen LogP) is 2.86. The van der Waals surface area contributed by atoms with E-state index in [0.29, 0.717) is 24.3 Å². The quantitative estimate of drug-likeness (QED) is 0.230. The van der Waals surface area contributed by atoms with E-state index in [2.05, 4.69) is 20.8 Å². The SMILES string of the molecule is COCCc1ccc(N/N=C(/c2ccc(F)c(Cl)c2)N(CC=O)CC(=O)NC(C)C)nc1. The summed E-state index contributed by atoms with van der Waals surface area (Å²) in [6.45, 7) is 4.02. The number of carbonyl (C=O) groups is 2. The molecule has 0 aliphatic carbocycles. The fourth-order valence-electron chi connectivity index (χ4n) is 2.78. The molecule has 0 saturated carbocycles. The Morgan fingerprint density at radius 3 is 2.72 bits per heavy atom. The molecule has 1 aromatic heterocycles. The van der Waals surface area contributed by atoms with Crippen LogP contribution in [0.1, 0.15) is 25.0 Å². The summed E-state index contributed by atoms with van der Waals surface area (Å²) < 4.78 is 18.8. The van der Waals surface area contributed by atoms with Gasteiger partial charge in [0.25, 0.3) is 0 Å². The Morgan fingerprint density at radius 2 is 2.12 bits per heavy atom. The molecule has 0 unspecified atom stereocenters. The number of aromatic nitrogens is 1. The predicted molar refractivity (Wildman–Crippen MR) is 122 cm³/mol. The van der Waals surface area contributed by atoms with E-state index < -0.39 is 5.82 Å². The van der Waals surface area contributed by atoms with Gasteiger partial charge in [-0.15, -0.1) is 0 Å². The standard InChI is InChI=1S/C22H27ClFN5O3/c1-15(2)26-21(31)14-29(9-10-30)22(17-5-6-19(24)18(23)12-17)28-27-20-7-4-16(13-25-20)8-11-32-3/h4-7,10,12-13,15H,8-9,11,14H2,1-3H3,(H,25,27)(H,26,31)/b28-22-. The van der Waals surface area contributed by atoms with Gasteiger partial charge >= 0.3 is 0 Å². The molecule has 0 bridgehead atoms. The van der Waals surface area contributed by atoms with Crippen molar-refractivity contribution in [2.75, 3.05) is 32.2 Å². The van der Waals surface area contributed by atoms with E-state index in [4.69, 9.17) is 16.3 Å². The van der Waals surface area contributed by atoms with E-state index in [1.807, 2.05) is 19.9 Å². The molecule has 0 radical (unpaired) electrons. The first kappa shape index (κ1) is 25.2. The summed E-state index contributed by atoms with van der Waals surface area (Å²) in [4.78, 5) is 29.4. The summed E-state index contributed by atoms with van der Waals surface area (Å²) in [7, 11) is 1.63. The van der Waals surface area contributed by atoms with Gasteiger partial charge < -0.3 is 19.7 Å². The van der Waals surface area contributed by atoms with Crippen LogP contribution in [0.25, 0.3) is 0 Å². The first-order valence-corrected chi connectivity index (χ1v) is 10.4. The van der Waals surface area contributed by atoms with Crippen LogP contribution >= 0.6 is 11.6 Å². The highest BCUT2D eigenvalue weighted by molar-refractivity contribution is 6.31. The second-order valence-electron chi connectivity index (χ2n) is 7.24. The van der Waals surface area contributed by atoms with Gasteiger partial charge in [0.05, 0.1) is 24.7 Å². The maximum atomic E-state index is 13.7. The number of nitrogens with one attached hydrogen (secondary N) is 2. The lowest BCUT2D eigenvalue weighted by molar-refractivity contribution is -0.122. The Balaban J connectivity index is 2.34. The third-order valence-electron chi connectivity index (χ3n) is 4.25. The second kappa shape index (κ2) is 12.7. The number of hydrazone groups is 1. The van der Waals surface area contributed by atoms with Gasteiger partial charge in [0.15, 0.2) is 5.84 Å². The summed E-state index contributed by atoms with van der Waals surface area (Å²) in [5, 5.41) is 7.03. The van der Waals surface area contributed by atoms with Crippen LogP contribution in [0.3, 0.4) is 0 Å². The lowest BCUT2D eigenvalue weighted by atomic mass is 10.2. The second-order valence-corrected chi connectivity index (χ2v) is 7.65. The van der Waals surface area contributed by atoms with Gasteiger partial charge in [-0.05, 0) is 50.1 Å². The molecule has 1 heterocycles. The molecule has 0 saturated heterocycles. The van der Waals surface area contributed by atoms with Crippen LogP contribution in [0.2, 0.25) is 5.02 Å². The lowest BCUT2D eigenvalue weighted by Crippen LogP contribution is -2.44. The number of nitrogens with zero attached hydrogens (tertiary/aromatic N) is 3. The fraction of sp³-hybridized carbons (Fsp3) is 0.364. The molecule has 1 aromatic carbocycles. The Morgan fingerprint density at radius 1 is 1.34 bits per heavy atom. The molecule has 172 valence electrons. The van der Waals surface area contributed by atoms with Crippen LogP contribution in [-0.4, -0.2) is 60.8 Å². The molecule has 8 nitrogen and oxygen atoms in total. The van der Waals surface area contributed by atoms with Gasteiger partial charge in [-0.3, -0.25) is 10.2 Å². The molecule has 2 rings (SSSR count). The number of amidine groups is 1. The maximum absolute atomic E-state index is 13.7. The van der Waals surface area contributed by atoms with Gasteiger partial charge in [0, 0.05) is 24.9 Å². The minimum atomic E-state index is -0.587. The zero-order chi connectivity index (χ0) is 23.5. The number of carbonyl (C=O) groups excluding carboxylic acids is 2. The number of benzene rings is 1. The van der Waals surface area contributed by atoms with Gasteiger partial charge in [-0.25, -0.2) is 9.37 Å². The molecule has 0 aliphatic rings. The van der Waals surface area contributed by atoms with E-state index >= 15 is 0 Å². The highest BCUT2D eigenvalue weighted by Crippen LogP contribution is 2.18. The van der Waals surface area contributed by atoms with Crippen molar-refractivity contribution < 1.29 is 18.7 Å². The number of anilines is 1. The normalized spacial score (nSPS) is 11.4. The summed E-state index contributed by atoms with van der Waals surface area (Å²) in [6, 6.07) is 7.62. The zero-order valence-corrected chi connectivity index (χ0v) is 19.0. The van der Waals surface area contributed by atoms with Gasteiger partial charge in [0.1, 0.15) is 17.9 Å². The fourth-order valence-corrected chi connectivity index (χ4v) is 2.96. The summed E-state index contributed by atoms with van der Waals surface area (Å²) in [5.74, 6) is -0.184. The third-order valence-corrected chi connectivity index (χ3v) is 4.54. The summed E-state index contributed by atoms with van der Waals surface area (Å²) >= 11 is 5.95. The number of hydrogen-bond acceptors (Lipinski definition) is 6. The summed E-state index contributed by atoms with van der Waals surface area (Å²) in [6.07, 6.45) is 3.08. The van der Waals surface area contributed by atoms with Crippen molar-refractivity contribution in [3.63, 3.8) is 0 Å². The van der Waals surface area contributed by atoms with E-state index in [1.54, 1.807) is 19.4 Å². The molecule has 0 fully saturated rings. The van der Waals surface area contributed by atoms with Gasteiger partial charge in [-0.2, -0.15) is 5.10 Å². The maximum Gasteiger partial charge on any atom is 0.239 e. The number of hydrogen-bond donors (Lipinski definition) is 2. The first-order chi connectivity index (χ1) is 15.3. The van der Waals surface area contributed by atoms with Crippen molar-refractivity contribution in [2.24, 2.45) is 5.10 Å². The minimum absolute atomic E-state index is 0.0693. The molecule has 32 heavy (non-hydrogen) atoms. The topological polar surface area (TPSA) is 95.9 Å². The number of amides is 1. The first-order valence-electron chi connectivity index (χ1n) is 10.0. The number of rotatable bonds is 11. The van der Waals surface area contributed by atoms with Crippen molar-refractivity contribution in [3.8, 4) is 0 Å². The highest BCUT2D eigenvalue weighted by Gasteiger charge is 2.19. The number of ether oxygens (including phenoxy) is 1. The van der Waals surface area contributed by atoms with Crippen molar-refractivity contribution in [1.82, 2.24) is 15.2 Å². The molecule has 0 aliphatic heterocycles. The molecule has 0 atom stereocenters. The smallest absolute Gasteiger partial charge is 0.239 e. The number of methoxy groups -OCH3 is 1. The largest absolute Gasteiger partial charge is 0.384 e. The van der Waals surface area contributed by atoms with E-state index in [0.717, 1.165) is 12.0 Å². The summed E-state index contributed by atoms with van der Waals surface area (Å²) in [5.41, 5.74) is 4.26. The average molecular weight is 464 g/mol. The highest BCUT2D eigenvalue weighted by atomic mass is 35.5. The van der Waals surface area contributed by atoms with Crippen LogP contribution in [0.5, 0.6) is 0 Å². The van der Waals surface area contributed by atoms with Crippen LogP contribution in [-0.2, 0) is 20.7 Å². The zero-order valence-electron chi connectivity index (χ0n) is 18.3. The average Bonchev–Trinajstić information content (AvgIpc) is 2.75. The molecule has 10 heteroatoms. The minimum Gasteiger partial charge on any atom is -0.384 e. The van der Waals surface area contributed by atoms with Crippen molar-refractivity contribution in [3.05, 3.63) is 58.5 Å². The molecule has 2 N–H and O–H groups in total. The van der Waals surface area contributed by atoms with Crippen LogP contribution in [0, 0.1) is 5.82 Å². The van der Waals surface area contributed by atoms with E-state index in [1.165, 1.54) is 23.1 Å². The van der Waals surface area contributed by atoms with Crippen LogP contribution < -0.4 is 10.7 Å². The van der Waals surface area contributed by atoms with E-state index in [-0.39, 0.29) is 35.9 Å². The van der Waals surface area contributed by atoms with Crippen LogP contribution in [0.15, 0.2) is 41.6 Å². The number of pyridine rings is 1. The van der Waals surface area contributed by atoms with Crippen molar-refractivity contribution in [1.29, 1.82) is 0 Å². The molecule has 2 aromatic rings. The monoisotopic (exact) mass is 463 g/mol. The Labute approximate surface area is 191 Å². The van der Waals surface area contributed by atoms with Crippen molar-refractivity contribution in [2.45, 2.75) is 26.3 Å². The number of aldehydes is 1. The molecule has 0 spiro atoms. The Bertz CT molecular complexity index is 938. The van der Waals surface area contributed by atoms with Crippen LogP contribution in [0.4, 0.5) is 10.2 Å². The van der Waals surface area contributed by atoms with Gasteiger partial charge in [-0.1, -0.05) is 17.7 Å². The van der Waals surface area contributed by atoms with Crippen molar-refractivity contribution >= 4 is 35.4 Å². The molecular weight excluding hydrogens is 437 g/mol. The molecule has 1 amide bonds. The number of halogens is 2. The third kappa shape index (κ3) is 7.90.